The molecule has 70 valence electrons. The minimum atomic E-state index is -0.649. The van der Waals surface area contributed by atoms with Gasteiger partial charge in [0.1, 0.15) is 5.82 Å². The maximum absolute atomic E-state index is 12.9. The van der Waals surface area contributed by atoms with Crippen LogP contribution in [0.4, 0.5) is 10.1 Å². The predicted molar refractivity (Wildman–Crippen MR) is 49.9 cm³/mol. The van der Waals surface area contributed by atoms with Crippen LogP contribution < -0.4 is 5.73 Å². The van der Waals surface area contributed by atoms with Crippen LogP contribution in [0.3, 0.4) is 0 Å². The molecule has 0 atom stereocenters. The summed E-state index contributed by atoms with van der Waals surface area (Å²) >= 11 is 2.94. The molecule has 2 N–H and O–H groups in total. The number of carbonyl (C=O) groups excluding carboxylic acids is 1. The summed E-state index contributed by atoms with van der Waals surface area (Å²) in [5, 5.41) is 0. The van der Waals surface area contributed by atoms with Crippen LogP contribution in [0, 0.1) is 5.82 Å². The molecular weight excluding hydrogens is 241 g/mol. The fourth-order valence-corrected chi connectivity index (χ4v) is 1.21. The number of ether oxygens (including phenoxy) is 1. The lowest BCUT2D eigenvalue weighted by Crippen LogP contribution is -2.06. The Bertz CT molecular complexity index is 354. The Balaban J connectivity index is 3.23. The van der Waals surface area contributed by atoms with Crippen molar-refractivity contribution in [3.8, 4) is 0 Å². The molecule has 0 aromatic heterocycles. The highest BCUT2D eigenvalue weighted by Crippen LogP contribution is 2.22. The van der Waals surface area contributed by atoms with E-state index in [0.717, 1.165) is 6.07 Å². The van der Waals surface area contributed by atoms with Crippen molar-refractivity contribution < 1.29 is 13.9 Å². The molecule has 1 aromatic rings. The van der Waals surface area contributed by atoms with Gasteiger partial charge in [0, 0.05) is 5.69 Å². The van der Waals surface area contributed by atoms with Crippen LogP contribution in [0.1, 0.15) is 10.4 Å². The molecule has 1 aromatic carbocycles. The summed E-state index contributed by atoms with van der Waals surface area (Å²) in [6.45, 7) is 0. The van der Waals surface area contributed by atoms with Gasteiger partial charge >= 0.3 is 5.97 Å². The van der Waals surface area contributed by atoms with E-state index >= 15 is 0 Å². The van der Waals surface area contributed by atoms with Gasteiger partial charge < -0.3 is 10.5 Å². The molecule has 3 nitrogen and oxygen atoms in total. The molecule has 0 radical (unpaired) electrons. The molecule has 0 amide bonds. The number of hydrogen-bond acceptors (Lipinski definition) is 3. The standard InChI is InChI=1S/C8H7BrFNO2/c1-13-8(12)4-2-6(10)5(9)3-7(4)11/h2-3H,11H2,1H3. The van der Waals surface area contributed by atoms with Crippen LogP contribution >= 0.6 is 15.9 Å². The monoisotopic (exact) mass is 247 g/mol. The zero-order valence-electron chi connectivity index (χ0n) is 6.80. The minimum Gasteiger partial charge on any atom is -0.465 e. The van der Waals surface area contributed by atoms with Gasteiger partial charge in [0.25, 0.3) is 0 Å². The molecule has 0 spiro atoms. The second-order valence-corrected chi connectivity index (χ2v) is 3.20. The summed E-state index contributed by atoms with van der Waals surface area (Å²) in [6.07, 6.45) is 0. The molecule has 0 aliphatic rings. The summed E-state index contributed by atoms with van der Waals surface area (Å²) in [7, 11) is 1.21. The molecule has 5 heteroatoms. The third-order valence-corrected chi connectivity index (χ3v) is 2.11. The number of nitrogens with two attached hydrogens (primary N) is 1. The zero-order valence-corrected chi connectivity index (χ0v) is 8.39. The molecule has 0 unspecified atom stereocenters. The number of hydrogen-bond donors (Lipinski definition) is 1. The Kier molecular flexibility index (Phi) is 2.87. The fraction of sp³-hybridized carbons (Fsp3) is 0.125. The number of nitrogen functional groups attached to an aromatic ring is 1. The number of methoxy groups -OCH3 is 1. The van der Waals surface area contributed by atoms with Gasteiger partial charge in [-0.2, -0.15) is 0 Å². The van der Waals surface area contributed by atoms with Crippen molar-refractivity contribution >= 4 is 27.6 Å². The van der Waals surface area contributed by atoms with Crippen molar-refractivity contribution in [2.24, 2.45) is 0 Å². The van der Waals surface area contributed by atoms with Gasteiger partial charge in [-0.15, -0.1) is 0 Å². The molecule has 1 rings (SSSR count). The quantitative estimate of drug-likeness (QED) is 0.610. The smallest absolute Gasteiger partial charge is 0.340 e. The van der Waals surface area contributed by atoms with E-state index in [2.05, 4.69) is 20.7 Å². The lowest BCUT2D eigenvalue weighted by molar-refractivity contribution is 0.0601. The zero-order chi connectivity index (χ0) is 10.0. The first kappa shape index (κ1) is 9.98. The van der Waals surface area contributed by atoms with Crippen LogP contribution in [0.15, 0.2) is 16.6 Å². The summed E-state index contributed by atoms with van der Waals surface area (Å²) in [5.74, 6) is -1.20. The molecule has 0 heterocycles. The Morgan fingerprint density at radius 1 is 1.62 bits per heavy atom. The largest absolute Gasteiger partial charge is 0.465 e. The minimum absolute atomic E-state index is 0.0307. The van der Waals surface area contributed by atoms with E-state index in [1.54, 1.807) is 0 Å². The van der Waals surface area contributed by atoms with E-state index in [4.69, 9.17) is 5.73 Å². The third kappa shape index (κ3) is 1.98. The van der Waals surface area contributed by atoms with Gasteiger partial charge in [-0.05, 0) is 28.1 Å². The normalized spacial score (nSPS) is 9.77. The first-order valence-corrected chi connectivity index (χ1v) is 4.18. The van der Waals surface area contributed by atoms with Gasteiger partial charge in [0.2, 0.25) is 0 Å². The maximum Gasteiger partial charge on any atom is 0.340 e. The van der Waals surface area contributed by atoms with Crippen LogP contribution in [0.2, 0.25) is 0 Å². The second-order valence-electron chi connectivity index (χ2n) is 2.35. The van der Waals surface area contributed by atoms with E-state index in [9.17, 15) is 9.18 Å². The van der Waals surface area contributed by atoms with Crippen molar-refractivity contribution in [1.29, 1.82) is 0 Å². The van der Waals surface area contributed by atoms with Gasteiger partial charge in [0.15, 0.2) is 0 Å². The van der Waals surface area contributed by atoms with Gasteiger partial charge in [-0.1, -0.05) is 0 Å². The van der Waals surface area contributed by atoms with Gasteiger partial charge in [0.05, 0.1) is 17.1 Å². The highest BCUT2D eigenvalue weighted by Gasteiger charge is 2.12. The second kappa shape index (κ2) is 3.74. The molecule has 0 saturated heterocycles. The number of halogens is 2. The van der Waals surface area contributed by atoms with Crippen molar-refractivity contribution in [3.05, 3.63) is 28.0 Å². The van der Waals surface area contributed by atoms with Gasteiger partial charge in [-0.3, -0.25) is 0 Å². The molecular formula is C8H7BrFNO2. The Labute approximate surface area is 82.8 Å². The Morgan fingerprint density at radius 2 is 2.23 bits per heavy atom. The van der Waals surface area contributed by atoms with Crippen molar-refractivity contribution in [1.82, 2.24) is 0 Å². The third-order valence-electron chi connectivity index (χ3n) is 1.50. The van der Waals surface area contributed by atoms with Crippen molar-refractivity contribution in [3.63, 3.8) is 0 Å². The topological polar surface area (TPSA) is 52.3 Å². The first-order chi connectivity index (χ1) is 6.06. The number of esters is 1. The van der Waals surface area contributed by atoms with Crippen LogP contribution in [0.5, 0.6) is 0 Å². The van der Waals surface area contributed by atoms with Crippen LogP contribution in [-0.2, 0) is 4.74 Å². The lowest BCUT2D eigenvalue weighted by atomic mass is 10.2. The van der Waals surface area contributed by atoms with E-state index in [0.29, 0.717) is 0 Å². The summed E-state index contributed by atoms with van der Waals surface area (Å²) in [4.78, 5) is 11.0. The average molecular weight is 248 g/mol. The average Bonchev–Trinajstić information content (AvgIpc) is 2.10. The summed E-state index contributed by atoms with van der Waals surface area (Å²) in [5.41, 5.74) is 5.68. The molecule has 0 saturated carbocycles. The molecule has 0 fully saturated rings. The number of rotatable bonds is 1. The van der Waals surface area contributed by atoms with Crippen molar-refractivity contribution in [2.45, 2.75) is 0 Å². The van der Waals surface area contributed by atoms with E-state index < -0.39 is 11.8 Å². The molecule has 0 bridgehead atoms. The lowest BCUT2D eigenvalue weighted by Gasteiger charge is -2.04. The Morgan fingerprint density at radius 3 is 2.77 bits per heavy atom. The van der Waals surface area contributed by atoms with E-state index in [1.807, 2.05) is 0 Å². The number of carbonyl (C=O) groups is 1. The predicted octanol–water partition coefficient (Wildman–Crippen LogP) is 1.96. The van der Waals surface area contributed by atoms with Crippen LogP contribution in [-0.4, -0.2) is 13.1 Å². The SMILES string of the molecule is COC(=O)c1cc(F)c(Br)cc1N. The first-order valence-electron chi connectivity index (χ1n) is 3.39. The molecule has 0 aliphatic carbocycles. The highest BCUT2D eigenvalue weighted by atomic mass is 79.9. The molecule has 13 heavy (non-hydrogen) atoms. The highest BCUT2D eigenvalue weighted by molar-refractivity contribution is 9.10. The van der Waals surface area contributed by atoms with E-state index in [1.165, 1.54) is 13.2 Å². The van der Waals surface area contributed by atoms with Crippen molar-refractivity contribution in [2.75, 3.05) is 12.8 Å². The maximum atomic E-state index is 12.9. The Hall–Kier alpha value is -1.10. The molecule has 0 aliphatic heterocycles. The number of benzene rings is 1. The number of anilines is 1. The summed E-state index contributed by atoms with van der Waals surface area (Å²) < 4.78 is 17.6. The van der Waals surface area contributed by atoms with Gasteiger partial charge in [-0.25, -0.2) is 9.18 Å². The van der Waals surface area contributed by atoms with Crippen LogP contribution in [0.25, 0.3) is 0 Å². The van der Waals surface area contributed by atoms with E-state index in [-0.39, 0.29) is 15.7 Å². The summed E-state index contributed by atoms with van der Waals surface area (Å²) in [6, 6.07) is 2.35. The fourth-order valence-electron chi connectivity index (χ4n) is 0.849.